The van der Waals surface area contributed by atoms with E-state index in [2.05, 4.69) is 71.7 Å². The van der Waals surface area contributed by atoms with Gasteiger partial charge in [-0.3, -0.25) is 0 Å². The van der Waals surface area contributed by atoms with Gasteiger partial charge in [0.1, 0.15) is 22.2 Å². The van der Waals surface area contributed by atoms with Crippen molar-refractivity contribution in [1.29, 1.82) is 0 Å². The lowest BCUT2D eigenvalue weighted by atomic mass is 9.78. The maximum absolute atomic E-state index is 8.10. The van der Waals surface area contributed by atoms with Crippen molar-refractivity contribution in [3.05, 3.63) is 30.8 Å². The standard InChI is InChI=1S/C76H126Br2N2O2S3/c1-5-9-13-17-21-25-29-33-37-41-45-49-53-57-75(58-54-50-46-42-38-34-30-26-22-18-14-10-6-2)63-61-65(77)83-73(63)67-69-70(80-85-79-69)68-72(71(67)81-75)82-76(64-62-66(78)84-74(64)68,59-55-51-47-43-39-35-31-27-23-19-15-11-7-3)60-56-52-48-44-40-36-32-28-24-20-16-12-8-4/h61-62H,5-60H2,1-4H3. The van der Waals surface area contributed by atoms with Gasteiger partial charge in [-0.05, 0) is 95.4 Å². The van der Waals surface area contributed by atoms with Crippen LogP contribution in [0.2, 0.25) is 0 Å². The average Bonchev–Trinajstić information content (AvgIpc) is 1.71. The second-order valence-corrected chi connectivity index (χ2v) is 32.5. The van der Waals surface area contributed by atoms with E-state index in [4.69, 9.17) is 18.2 Å². The van der Waals surface area contributed by atoms with Gasteiger partial charge in [0.2, 0.25) is 0 Å². The van der Waals surface area contributed by atoms with E-state index < -0.39 is 11.2 Å². The molecule has 2 aliphatic heterocycles. The molecule has 0 spiro atoms. The number of fused-ring (bicyclic) bond motifs is 10. The molecule has 0 atom stereocenters. The Bertz CT molecular complexity index is 2100. The Morgan fingerprint density at radius 1 is 0.306 bits per heavy atom. The third-order valence-electron chi connectivity index (χ3n) is 19.8. The molecule has 85 heavy (non-hydrogen) atoms. The van der Waals surface area contributed by atoms with Gasteiger partial charge in [0, 0.05) is 20.9 Å². The first-order chi connectivity index (χ1) is 41.9. The molecule has 0 bridgehead atoms. The van der Waals surface area contributed by atoms with E-state index in [1.54, 1.807) is 0 Å². The molecule has 6 rings (SSSR count). The van der Waals surface area contributed by atoms with Crippen LogP contribution in [0, 0.1) is 0 Å². The predicted octanol–water partition coefficient (Wildman–Crippen LogP) is 29.8. The fraction of sp³-hybridized carbons (Fsp3) is 0.816. The number of benzene rings is 1. The maximum Gasteiger partial charge on any atom is 0.174 e. The van der Waals surface area contributed by atoms with Crippen LogP contribution in [0.3, 0.4) is 0 Å². The smallest absolute Gasteiger partial charge is 0.174 e. The number of ether oxygens (including phenoxy) is 2. The summed E-state index contributed by atoms with van der Waals surface area (Å²) in [5.41, 5.74) is 6.17. The molecule has 0 radical (unpaired) electrons. The largest absolute Gasteiger partial charge is 0.478 e. The van der Waals surface area contributed by atoms with E-state index >= 15 is 0 Å². The van der Waals surface area contributed by atoms with Crippen LogP contribution in [-0.2, 0) is 11.2 Å². The zero-order valence-corrected chi connectivity index (χ0v) is 61.1. The second kappa shape index (κ2) is 44.5. The summed E-state index contributed by atoms with van der Waals surface area (Å²) in [7, 11) is 0. The number of nitrogens with zero attached hydrogens (tertiary/aromatic N) is 2. The molecule has 0 N–H and O–H groups in total. The molecule has 0 aliphatic carbocycles. The fourth-order valence-electron chi connectivity index (χ4n) is 14.6. The van der Waals surface area contributed by atoms with Crippen LogP contribution in [0.15, 0.2) is 19.7 Å². The van der Waals surface area contributed by atoms with Crippen molar-refractivity contribution in [2.75, 3.05) is 0 Å². The summed E-state index contributed by atoms with van der Waals surface area (Å²) in [6.45, 7) is 9.29. The lowest BCUT2D eigenvalue weighted by Gasteiger charge is -2.44. The maximum atomic E-state index is 8.10. The molecule has 0 saturated carbocycles. The lowest BCUT2D eigenvalue weighted by molar-refractivity contribution is 0.0119. The lowest BCUT2D eigenvalue weighted by Crippen LogP contribution is -2.39. The van der Waals surface area contributed by atoms with Gasteiger partial charge in [0.05, 0.1) is 30.4 Å². The molecule has 9 heteroatoms. The van der Waals surface area contributed by atoms with E-state index in [-0.39, 0.29) is 0 Å². The van der Waals surface area contributed by atoms with Crippen LogP contribution in [0.1, 0.15) is 398 Å². The first-order valence-corrected chi connectivity index (χ1v) is 41.2. The number of halogens is 2. The summed E-state index contributed by atoms with van der Waals surface area (Å²) >= 11 is 13.3. The first-order valence-electron chi connectivity index (χ1n) is 37.2. The van der Waals surface area contributed by atoms with Crippen molar-refractivity contribution in [3.63, 3.8) is 0 Å². The van der Waals surface area contributed by atoms with E-state index in [9.17, 15) is 0 Å². The zero-order chi connectivity index (χ0) is 59.9. The molecule has 4 nitrogen and oxygen atoms in total. The molecule has 2 aliphatic rings. The van der Waals surface area contributed by atoms with E-state index in [0.717, 1.165) is 59.3 Å². The van der Waals surface area contributed by atoms with Crippen molar-refractivity contribution in [2.24, 2.45) is 0 Å². The number of rotatable bonds is 56. The molecule has 1 aromatic carbocycles. The quantitative estimate of drug-likeness (QED) is 0.0413. The summed E-state index contributed by atoms with van der Waals surface area (Å²) in [6.07, 6.45) is 75.2. The van der Waals surface area contributed by atoms with Crippen molar-refractivity contribution >= 4 is 77.3 Å². The summed E-state index contributed by atoms with van der Waals surface area (Å²) in [5.74, 6) is 1.94. The van der Waals surface area contributed by atoms with Crippen LogP contribution < -0.4 is 9.47 Å². The summed E-state index contributed by atoms with van der Waals surface area (Å²) < 4.78 is 29.0. The monoisotopic (exact) mass is 1350 g/mol. The topological polar surface area (TPSA) is 44.2 Å². The van der Waals surface area contributed by atoms with Crippen LogP contribution in [0.5, 0.6) is 11.5 Å². The third-order valence-corrected chi connectivity index (χ3v) is 23.6. The number of hydrogen-bond donors (Lipinski definition) is 0. The first kappa shape index (κ1) is 73.1. The Morgan fingerprint density at radius 3 is 0.718 bits per heavy atom. The number of aromatic nitrogens is 2. The summed E-state index contributed by atoms with van der Waals surface area (Å²) in [4.78, 5) is 2.66. The van der Waals surface area contributed by atoms with E-state index in [1.165, 1.54) is 374 Å². The van der Waals surface area contributed by atoms with Crippen molar-refractivity contribution in [1.82, 2.24) is 8.75 Å². The molecule has 0 fully saturated rings. The molecule has 0 unspecified atom stereocenters. The Balaban J connectivity index is 1.21. The predicted molar refractivity (Wildman–Crippen MR) is 385 cm³/mol. The van der Waals surface area contributed by atoms with Gasteiger partial charge < -0.3 is 9.47 Å². The van der Waals surface area contributed by atoms with Crippen molar-refractivity contribution in [3.8, 4) is 32.4 Å². The minimum absolute atomic E-state index is 0.419. The van der Waals surface area contributed by atoms with Gasteiger partial charge in [-0.1, -0.05) is 336 Å². The molecule has 4 aromatic rings. The van der Waals surface area contributed by atoms with Crippen LogP contribution >= 0.6 is 66.3 Å². The summed E-state index contributed by atoms with van der Waals surface area (Å²) in [5, 5.41) is 0. The third kappa shape index (κ3) is 25.2. The molecule has 5 heterocycles. The number of thiophene rings is 2. The average molecular weight is 1360 g/mol. The van der Waals surface area contributed by atoms with Crippen LogP contribution in [-0.4, -0.2) is 8.75 Å². The molecule has 0 saturated heterocycles. The van der Waals surface area contributed by atoms with Gasteiger partial charge in [-0.25, -0.2) is 0 Å². The Hall–Kier alpha value is -1.00. The van der Waals surface area contributed by atoms with Crippen molar-refractivity contribution in [2.45, 2.75) is 398 Å². The van der Waals surface area contributed by atoms with Crippen LogP contribution in [0.4, 0.5) is 0 Å². The highest BCUT2D eigenvalue weighted by molar-refractivity contribution is 9.11. The van der Waals surface area contributed by atoms with Crippen molar-refractivity contribution < 1.29 is 9.47 Å². The Labute approximate surface area is 552 Å². The summed E-state index contributed by atoms with van der Waals surface area (Å²) in [6, 6.07) is 4.89. The van der Waals surface area contributed by atoms with Gasteiger partial charge in [-0.2, -0.15) is 8.75 Å². The Morgan fingerprint density at radius 2 is 0.506 bits per heavy atom. The molecular formula is C76H126Br2N2O2S3. The minimum Gasteiger partial charge on any atom is -0.478 e. The molecule has 3 aromatic heterocycles. The second-order valence-electron chi connectivity index (χ2n) is 27.1. The van der Waals surface area contributed by atoms with Gasteiger partial charge in [0.15, 0.2) is 11.5 Å². The molecular weight excluding hydrogens is 1230 g/mol. The van der Waals surface area contributed by atoms with E-state index in [1.807, 2.05) is 22.7 Å². The minimum atomic E-state index is -0.419. The van der Waals surface area contributed by atoms with Gasteiger partial charge in [0.25, 0.3) is 0 Å². The highest BCUT2D eigenvalue weighted by Gasteiger charge is 2.49. The van der Waals surface area contributed by atoms with Crippen LogP contribution in [0.25, 0.3) is 31.9 Å². The highest BCUT2D eigenvalue weighted by Crippen LogP contribution is 2.65. The van der Waals surface area contributed by atoms with E-state index in [0.29, 0.717) is 0 Å². The van der Waals surface area contributed by atoms with Gasteiger partial charge in [-0.15, -0.1) is 22.7 Å². The number of hydrogen-bond acceptors (Lipinski definition) is 7. The highest BCUT2D eigenvalue weighted by atomic mass is 79.9. The molecule has 484 valence electrons. The fourth-order valence-corrected chi connectivity index (χ4v) is 18.6. The number of unbranched alkanes of at least 4 members (excludes halogenated alkanes) is 48. The zero-order valence-electron chi connectivity index (χ0n) is 55.4. The Kier molecular flexibility index (Phi) is 38.2. The normalized spacial score (nSPS) is 14.0. The van der Waals surface area contributed by atoms with Gasteiger partial charge >= 0.3 is 0 Å². The SMILES string of the molecule is CCCCCCCCCCCCCCCC1(CCCCCCCCCCCCCCC)Oc2c3c(c4nsnc4c2-c2sc(Br)cc21)-c1sc(Br)cc1C(CCCCCCCCCCCCCCC)(CCCCCCCCCCCCCCC)O3. The molecule has 0 amide bonds.